The lowest BCUT2D eigenvalue weighted by molar-refractivity contribution is -0.0939. The maximum Gasteiger partial charge on any atom is 0.264 e. The first-order chi connectivity index (χ1) is 6.53. The third-order valence-corrected chi connectivity index (χ3v) is 3.57. The molecule has 0 amide bonds. The van der Waals surface area contributed by atoms with Gasteiger partial charge in [0.05, 0.1) is 24.6 Å². The van der Waals surface area contributed by atoms with E-state index in [2.05, 4.69) is 0 Å². The summed E-state index contributed by atoms with van der Waals surface area (Å²) >= 11 is 0. The van der Waals surface area contributed by atoms with Gasteiger partial charge in [-0.15, -0.1) is 0 Å². The van der Waals surface area contributed by atoms with E-state index in [1.54, 1.807) is 0 Å². The molecular formula is C8H12O5S. The third kappa shape index (κ3) is 1.46. The average Bonchev–Trinajstić information content (AvgIpc) is 2.73. The molecule has 5 nitrogen and oxygen atoms in total. The largest absolute Gasteiger partial charge is 0.369 e. The van der Waals surface area contributed by atoms with Gasteiger partial charge in [0.2, 0.25) is 0 Å². The number of rotatable bonds is 2. The molecular weight excluding hydrogens is 208 g/mol. The standard InChI is InChI=1S/C8H12O5S/c1-14(9,10)13-4-2-5-7-8(12-7)6(3-4)11-5/h4-8H,2-3H2,1H3/t4?,5-,6+,7-,8+. The summed E-state index contributed by atoms with van der Waals surface area (Å²) in [5.74, 6) is 0. The zero-order chi connectivity index (χ0) is 9.92. The molecule has 2 bridgehead atoms. The number of epoxide rings is 1. The normalized spacial score (nSPS) is 50.2. The summed E-state index contributed by atoms with van der Waals surface area (Å²) in [5.41, 5.74) is 0. The topological polar surface area (TPSA) is 65.1 Å². The van der Waals surface area contributed by atoms with Crippen molar-refractivity contribution >= 4 is 10.1 Å². The van der Waals surface area contributed by atoms with Gasteiger partial charge in [-0.3, -0.25) is 4.18 Å². The van der Waals surface area contributed by atoms with E-state index in [1.165, 1.54) is 0 Å². The van der Waals surface area contributed by atoms with Gasteiger partial charge in [0.15, 0.2) is 0 Å². The molecule has 6 heteroatoms. The van der Waals surface area contributed by atoms with Gasteiger partial charge in [0.1, 0.15) is 12.2 Å². The van der Waals surface area contributed by atoms with Crippen molar-refractivity contribution in [3.8, 4) is 0 Å². The van der Waals surface area contributed by atoms with Crippen molar-refractivity contribution < 1.29 is 22.1 Å². The molecule has 1 unspecified atom stereocenters. The van der Waals surface area contributed by atoms with Gasteiger partial charge >= 0.3 is 0 Å². The van der Waals surface area contributed by atoms with Crippen LogP contribution in [0.5, 0.6) is 0 Å². The highest BCUT2D eigenvalue weighted by atomic mass is 32.2. The van der Waals surface area contributed by atoms with Crippen LogP contribution in [0.15, 0.2) is 0 Å². The second-order valence-corrected chi connectivity index (χ2v) is 5.77. The average molecular weight is 220 g/mol. The summed E-state index contributed by atoms with van der Waals surface area (Å²) in [6.07, 6.45) is 2.62. The summed E-state index contributed by atoms with van der Waals surface area (Å²) in [6.45, 7) is 0. The van der Waals surface area contributed by atoms with Crippen molar-refractivity contribution in [1.29, 1.82) is 0 Å². The number of hydrogen-bond donors (Lipinski definition) is 0. The Balaban J connectivity index is 1.69. The molecule has 80 valence electrons. The highest BCUT2D eigenvalue weighted by Gasteiger charge is 2.61. The molecule has 0 saturated carbocycles. The molecule has 14 heavy (non-hydrogen) atoms. The molecule has 5 atom stereocenters. The zero-order valence-corrected chi connectivity index (χ0v) is 8.57. The molecule has 0 radical (unpaired) electrons. The van der Waals surface area contributed by atoms with Gasteiger partial charge < -0.3 is 9.47 Å². The molecule has 3 rings (SSSR count). The molecule has 3 saturated heterocycles. The van der Waals surface area contributed by atoms with E-state index in [4.69, 9.17) is 13.7 Å². The fourth-order valence-electron chi connectivity index (χ4n) is 2.43. The van der Waals surface area contributed by atoms with Crippen molar-refractivity contribution in [1.82, 2.24) is 0 Å². The smallest absolute Gasteiger partial charge is 0.264 e. The summed E-state index contributed by atoms with van der Waals surface area (Å²) < 4.78 is 37.8. The lowest BCUT2D eigenvalue weighted by Crippen LogP contribution is -2.36. The van der Waals surface area contributed by atoms with Crippen LogP contribution in [0.4, 0.5) is 0 Å². The van der Waals surface area contributed by atoms with E-state index in [-0.39, 0.29) is 30.5 Å². The Morgan fingerprint density at radius 1 is 1.14 bits per heavy atom. The molecule has 0 aromatic rings. The molecule has 3 fully saturated rings. The molecule has 0 aromatic carbocycles. The first kappa shape index (κ1) is 9.08. The van der Waals surface area contributed by atoms with Crippen LogP contribution in [0.1, 0.15) is 12.8 Å². The van der Waals surface area contributed by atoms with Crippen LogP contribution in [-0.4, -0.2) is 45.2 Å². The van der Waals surface area contributed by atoms with Gasteiger partial charge in [-0.1, -0.05) is 0 Å². The van der Waals surface area contributed by atoms with Crippen LogP contribution < -0.4 is 0 Å². The van der Waals surface area contributed by atoms with Gasteiger partial charge in [-0.25, -0.2) is 0 Å². The summed E-state index contributed by atoms with van der Waals surface area (Å²) in [5, 5.41) is 0. The van der Waals surface area contributed by atoms with Crippen molar-refractivity contribution in [3.05, 3.63) is 0 Å². The van der Waals surface area contributed by atoms with Crippen molar-refractivity contribution in [2.24, 2.45) is 0 Å². The van der Waals surface area contributed by atoms with Gasteiger partial charge in [0, 0.05) is 12.8 Å². The summed E-state index contributed by atoms with van der Waals surface area (Å²) in [6, 6.07) is 0. The maximum atomic E-state index is 10.9. The van der Waals surface area contributed by atoms with E-state index in [9.17, 15) is 8.42 Å². The van der Waals surface area contributed by atoms with Crippen molar-refractivity contribution in [2.45, 2.75) is 43.4 Å². The van der Waals surface area contributed by atoms with Crippen LogP contribution in [0, 0.1) is 0 Å². The zero-order valence-electron chi connectivity index (χ0n) is 7.75. The Morgan fingerprint density at radius 2 is 1.71 bits per heavy atom. The van der Waals surface area contributed by atoms with Gasteiger partial charge in [-0.05, 0) is 0 Å². The third-order valence-electron chi connectivity index (χ3n) is 2.95. The fraction of sp³-hybridized carbons (Fsp3) is 1.00. The van der Waals surface area contributed by atoms with E-state index < -0.39 is 10.1 Å². The number of fused-ring (bicyclic) bond motifs is 5. The molecule has 0 aliphatic carbocycles. The van der Waals surface area contributed by atoms with E-state index >= 15 is 0 Å². The summed E-state index contributed by atoms with van der Waals surface area (Å²) in [7, 11) is -3.34. The monoisotopic (exact) mass is 220 g/mol. The Morgan fingerprint density at radius 3 is 2.21 bits per heavy atom. The Hall–Kier alpha value is -0.170. The molecule has 0 spiro atoms. The Kier molecular flexibility index (Phi) is 1.75. The predicted molar refractivity (Wildman–Crippen MR) is 46.3 cm³/mol. The molecule has 0 N–H and O–H groups in total. The Labute approximate surface area is 82.5 Å². The minimum absolute atomic E-state index is 0.0468. The van der Waals surface area contributed by atoms with Crippen LogP contribution in [0.2, 0.25) is 0 Å². The second kappa shape index (κ2) is 2.69. The maximum absolute atomic E-state index is 10.9. The van der Waals surface area contributed by atoms with E-state index in [1.807, 2.05) is 0 Å². The molecule has 3 aliphatic rings. The van der Waals surface area contributed by atoms with Crippen molar-refractivity contribution in [3.63, 3.8) is 0 Å². The SMILES string of the molecule is CS(=O)(=O)OC1C[C@@H]2O[C@H](C1)[C@H]1O[C@H]12. The highest BCUT2D eigenvalue weighted by molar-refractivity contribution is 7.86. The first-order valence-electron chi connectivity index (χ1n) is 4.72. The highest BCUT2D eigenvalue weighted by Crippen LogP contribution is 2.46. The lowest BCUT2D eigenvalue weighted by atomic mass is 10.1. The predicted octanol–water partition coefficient (Wildman–Crippen LogP) is -0.340. The number of ether oxygens (including phenoxy) is 2. The summed E-state index contributed by atoms with van der Waals surface area (Å²) in [4.78, 5) is 0. The van der Waals surface area contributed by atoms with E-state index in [0.29, 0.717) is 12.8 Å². The quantitative estimate of drug-likeness (QED) is 0.470. The van der Waals surface area contributed by atoms with Gasteiger partial charge in [0.25, 0.3) is 10.1 Å². The minimum Gasteiger partial charge on any atom is -0.369 e. The Bertz CT molecular complexity index is 335. The molecule has 0 aromatic heterocycles. The first-order valence-corrected chi connectivity index (χ1v) is 6.54. The van der Waals surface area contributed by atoms with Crippen LogP contribution in [0.25, 0.3) is 0 Å². The van der Waals surface area contributed by atoms with E-state index in [0.717, 1.165) is 6.26 Å². The van der Waals surface area contributed by atoms with Gasteiger partial charge in [-0.2, -0.15) is 8.42 Å². The minimum atomic E-state index is -3.34. The fourth-order valence-corrected chi connectivity index (χ4v) is 3.08. The van der Waals surface area contributed by atoms with Crippen LogP contribution in [-0.2, 0) is 23.8 Å². The molecule has 3 heterocycles. The lowest BCUT2D eigenvalue weighted by Gasteiger charge is -2.29. The number of hydrogen-bond acceptors (Lipinski definition) is 5. The van der Waals surface area contributed by atoms with Crippen molar-refractivity contribution in [2.75, 3.05) is 6.26 Å². The second-order valence-electron chi connectivity index (χ2n) is 4.17. The van der Waals surface area contributed by atoms with Crippen LogP contribution in [0.3, 0.4) is 0 Å². The molecule has 3 aliphatic heterocycles. The van der Waals surface area contributed by atoms with Crippen LogP contribution >= 0.6 is 0 Å².